The van der Waals surface area contributed by atoms with E-state index in [1.165, 1.54) is 0 Å². The van der Waals surface area contributed by atoms with Crippen LogP contribution in [0.1, 0.15) is 0 Å². The van der Waals surface area contributed by atoms with Crippen LogP contribution in [0, 0.1) is 0 Å². The summed E-state index contributed by atoms with van der Waals surface area (Å²) in [6.07, 6.45) is 0. The number of aromatic nitrogens is 1. The molecule has 29 heavy (non-hydrogen) atoms. The number of hydrogen-bond donors (Lipinski definition) is 2. The van der Waals surface area contributed by atoms with Crippen molar-refractivity contribution in [3.63, 3.8) is 0 Å². The summed E-state index contributed by atoms with van der Waals surface area (Å²) in [7, 11) is 3.12. The van der Waals surface area contributed by atoms with Gasteiger partial charge in [0.05, 0.1) is 24.4 Å². The van der Waals surface area contributed by atoms with Crippen molar-refractivity contribution in [1.29, 1.82) is 0 Å². The monoisotopic (exact) mass is 405 g/mol. The molecule has 2 N–H and O–H groups in total. The normalized spacial score (nSPS) is 10.6. The van der Waals surface area contributed by atoms with Crippen LogP contribution in [-0.4, -0.2) is 25.2 Å². The standard InChI is InChI=1S/C22H19N3O3S/c1-27-18-11-10-16(13-19(18)28-2)24-22(26)23-15-7-5-6-14(12-15)21-25-17-8-3-4-9-20(17)29-21/h3-13H,1-2H3,(H2,23,24,26). The van der Waals surface area contributed by atoms with E-state index >= 15 is 0 Å². The van der Waals surface area contributed by atoms with E-state index in [9.17, 15) is 4.79 Å². The van der Waals surface area contributed by atoms with Crippen molar-refractivity contribution in [1.82, 2.24) is 4.98 Å². The van der Waals surface area contributed by atoms with Gasteiger partial charge in [0.25, 0.3) is 0 Å². The molecule has 4 aromatic rings. The molecule has 2 amide bonds. The molecule has 6 nitrogen and oxygen atoms in total. The van der Waals surface area contributed by atoms with Gasteiger partial charge in [0.2, 0.25) is 0 Å². The number of rotatable bonds is 5. The number of carbonyl (C=O) groups excluding carboxylic acids is 1. The maximum absolute atomic E-state index is 12.4. The van der Waals surface area contributed by atoms with Crippen LogP contribution < -0.4 is 20.1 Å². The summed E-state index contributed by atoms with van der Waals surface area (Å²) < 4.78 is 11.6. The Hall–Kier alpha value is -3.58. The molecule has 0 saturated carbocycles. The van der Waals surface area contributed by atoms with Crippen molar-refractivity contribution in [3.05, 3.63) is 66.7 Å². The minimum absolute atomic E-state index is 0.348. The second-order valence-electron chi connectivity index (χ2n) is 6.22. The van der Waals surface area contributed by atoms with E-state index in [0.717, 1.165) is 20.8 Å². The quantitative estimate of drug-likeness (QED) is 0.452. The van der Waals surface area contributed by atoms with Crippen LogP contribution >= 0.6 is 11.3 Å². The molecule has 7 heteroatoms. The van der Waals surface area contributed by atoms with E-state index in [4.69, 9.17) is 9.47 Å². The van der Waals surface area contributed by atoms with E-state index in [-0.39, 0.29) is 6.03 Å². The number of anilines is 2. The topological polar surface area (TPSA) is 72.5 Å². The first-order chi connectivity index (χ1) is 14.2. The number of nitrogens with zero attached hydrogens (tertiary/aromatic N) is 1. The number of amides is 2. The second-order valence-corrected chi connectivity index (χ2v) is 7.25. The number of methoxy groups -OCH3 is 2. The van der Waals surface area contributed by atoms with Gasteiger partial charge in [-0.25, -0.2) is 9.78 Å². The van der Waals surface area contributed by atoms with Gasteiger partial charge in [0.15, 0.2) is 11.5 Å². The molecule has 0 spiro atoms. The highest BCUT2D eigenvalue weighted by Crippen LogP contribution is 2.32. The van der Waals surface area contributed by atoms with Gasteiger partial charge in [0.1, 0.15) is 5.01 Å². The maximum atomic E-state index is 12.4. The maximum Gasteiger partial charge on any atom is 0.323 e. The van der Waals surface area contributed by atoms with Gasteiger partial charge in [-0.3, -0.25) is 0 Å². The van der Waals surface area contributed by atoms with Crippen LogP contribution in [0.2, 0.25) is 0 Å². The van der Waals surface area contributed by atoms with Gasteiger partial charge in [0, 0.05) is 23.0 Å². The summed E-state index contributed by atoms with van der Waals surface area (Å²) in [5.74, 6) is 1.14. The fourth-order valence-corrected chi connectivity index (χ4v) is 3.90. The summed E-state index contributed by atoms with van der Waals surface area (Å²) >= 11 is 1.62. The third-order valence-corrected chi connectivity index (χ3v) is 5.39. The molecule has 0 saturated heterocycles. The Labute approximate surface area is 172 Å². The molecule has 0 bridgehead atoms. The fraction of sp³-hybridized carbons (Fsp3) is 0.0909. The highest BCUT2D eigenvalue weighted by Gasteiger charge is 2.10. The molecule has 0 atom stereocenters. The van der Waals surface area contributed by atoms with Crippen LogP contribution in [0.3, 0.4) is 0 Å². The van der Waals surface area contributed by atoms with Gasteiger partial charge in [-0.2, -0.15) is 0 Å². The Morgan fingerprint density at radius 3 is 2.38 bits per heavy atom. The lowest BCUT2D eigenvalue weighted by Crippen LogP contribution is -2.19. The fourth-order valence-electron chi connectivity index (χ4n) is 2.93. The first-order valence-corrected chi connectivity index (χ1v) is 9.74. The molecule has 1 aromatic heterocycles. The number of carbonyl (C=O) groups is 1. The predicted octanol–water partition coefficient (Wildman–Crippen LogP) is 5.62. The van der Waals surface area contributed by atoms with Gasteiger partial charge in [-0.1, -0.05) is 24.3 Å². The number of fused-ring (bicyclic) bond motifs is 1. The summed E-state index contributed by atoms with van der Waals surface area (Å²) in [5, 5.41) is 6.57. The molecule has 4 rings (SSSR count). The Balaban J connectivity index is 1.49. The third kappa shape index (κ3) is 4.14. The van der Waals surface area contributed by atoms with Crippen molar-refractivity contribution in [2.75, 3.05) is 24.9 Å². The van der Waals surface area contributed by atoms with E-state index in [1.54, 1.807) is 43.8 Å². The number of urea groups is 1. The van der Waals surface area contributed by atoms with Crippen molar-refractivity contribution in [2.45, 2.75) is 0 Å². The zero-order chi connectivity index (χ0) is 20.2. The Kier molecular flexibility index (Phi) is 5.31. The average molecular weight is 405 g/mol. The number of benzene rings is 3. The molecular formula is C22H19N3O3S. The lowest BCUT2D eigenvalue weighted by Gasteiger charge is -2.11. The lowest BCUT2D eigenvalue weighted by molar-refractivity contribution is 0.262. The van der Waals surface area contributed by atoms with Crippen LogP contribution in [0.4, 0.5) is 16.2 Å². The summed E-state index contributed by atoms with van der Waals surface area (Å²) in [4.78, 5) is 17.1. The number of ether oxygens (including phenoxy) is 2. The summed E-state index contributed by atoms with van der Waals surface area (Å²) in [6, 6.07) is 20.5. The Morgan fingerprint density at radius 2 is 1.62 bits per heavy atom. The number of thiazole rings is 1. The largest absolute Gasteiger partial charge is 0.493 e. The smallest absolute Gasteiger partial charge is 0.323 e. The van der Waals surface area contributed by atoms with E-state index < -0.39 is 0 Å². The third-order valence-electron chi connectivity index (χ3n) is 4.30. The van der Waals surface area contributed by atoms with Gasteiger partial charge < -0.3 is 20.1 Å². The molecule has 0 unspecified atom stereocenters. The zero-order valence-corrected chi connectivity index (χ0v) is 16.7. The number of nitrogens with one attached hydrogen (secondary N) is 2. The molecule has 0 radical (unpaired) electrons. The Bertz CT molecular complexity index is 1140. The van der Waals surface area contributed by atoms with E-state index in [2.05, 4.69) is 21.7 Å². The van der Waals surface area contributed by atoms with Crippen LogP contribution in [0.25, 0.3) is 20.8 Å². The Morgan fingerprint density at radius 1 is 0.862 bits per heavy atom. The summed E-state index contributed by atoms with van der Waals surface area (Å²) in [6.45, 7) is 0. The number of hydrogen-bond acceptors (Lipinski definition) is 5. The highest BCUT2D eigenvalue weighted by atomic mass is 32.1. The van der Waals surface area contributed by atoms with E-state index in [1.807, 2.05) is 42.5 Å². The van der Waals surface area contributed by atoms with Gasteiger partial charge in [-0.05, 0) is 36.4 Å². The van der Waals surface area contributed by atoms with Crippen molar-refractivity contribution < 1.29 is 14.3 Å². The number of para-hydroxylation sites is 1. The molecular weight excluding hydrogens is 386 g/mol. The molecule has 0 aliphatic rings. The molecule has 0 aliphatic heterocycles. The van der Waals surface area contributed by atoms with Crippen LogP contribution in [0.5, 0.6) is 11.5 Å². The van der Waals surface area contributed by atoms with Gasteiger partial charge >= 0.3 is 6.03 Å². The van der Waals surface area contributed by atoms with Crippen LogP contribution in [0.15, 0.2) is 66.7 Å². The van der Waals surface area contributed by atoms with Crippen molar-refractivity contribution in [3.8, 4) is 22.1 Å². The minimum Gasteiger partial charge on any atom is -0.493 e. The zero-order valence-electron chi connectivity index (χ0n) is 15.9. The molecule has 1 heterocycles. The molecule has 3 aromatic carbocycles. The van der Waals surface area contributed by atoms with E-state index in [0.29, 0.717) is 22.9 Å². The lowest BCUT2D eigenvalue weighted by atomic mass is 10.2. The van der Waals surface area contributed by atoms with Crippen molar-refractivity contribution in [2.24, 2.45) is 0 Å². The SMILES string of the molecule is COc1ccc(NC(=O)Nc2cccc(-c3nc4ccccc4s3)c2)cc1OC. The predicted molar refractivity (Wildman–Crippen MR) is 117 cm³/mol. The molecule has 0 fully saturated rings. The minimum atomic E-state index is -0.348. The van der Waals surface area contributed by atoms with Crippen molar-refractivity contribution >= 4 is 39.0 Å². The first kappa shape index (κ1) is 18.8. The molecule has 0 aliphatic carbocycles. The summed E-state index contributed by atoms with van der Waals surface area (Å²) in [5.41, 5.74) is 3.20. The average Bonchev–Trinajstić information content (AvgIpc) is 3.18. The highest BCUT2D eigenvalue weighted by molar-refractivity contribution is 7.21. The van der Waals surface area contributed by atoms with Gasteiger partial charge in [-0.15, -0.1) is 11.3 Å². The second kappa shape index (κ2) is 8.20. The first-order valence-electron chi connectivity index (χ1n) is 8.92. The molecule has 146 valence electrons. The van der Waals surface area contributed by atoms with Crippen LogP contribution in [-0.2, 0) is 0 Å².